The summed E-state index contributed by atoms with van der Waals surface area (Å²) in [5, 5.41) is 4.95. The maximum absolute atomic E-state index is 13.7. The van der Waals surface area contributed by atoms with Crippen LogP contribution < -0.4 is 14.9 Å². The molecule has 1 heterocycles. The van der Waals surface area contributed by atoms with Gasteiger partial charge >= 0.3 is 6.03 Å². The molecule has 6 nitrogen and oxygen atoms in total. The SMILES string of the molecule is CCCNC(=O)Nc1cc(N2CCCS2(=O)=O)ccc1F. The Morgan fingerprint density at radius 1 is 1.43 bits per heavy atom. The molecule has 2 amide bonds. The molecule has 0 saturated carbocycles. The van der Waals surface area contributed by atoms with Crippen LogP contribution in [0.1, 0.15) is 19.8 Å². The Morgan fingerprint density at radius 3 is 2.81 bits per heavy atom. The second-order valence-corrected chi connectivity index (χ2v) is 6.80. The van der Waals surface area contributed by atoms with Crippen molar-refractivity contribution >= 4 is 27.4 Å². The van der Waals surface area contributed by atoms with Gasteiger partial charge in [-0.2, -0.15) is 0 Å². The van der Waals surface area contributed by atoms with E-state index in [1.807, 2.05) is 6.92 Å². The molecule has 1 fully saturated rings. The second-order valence-electron chi connectivity index (χ2n) is 4.79. The summed E-state index contributed by atoms with van der Waals surface area (Å²) in [6, 6.07) is 3.37. The molecule has 0 unspecified atom stereocenters. The predicted molar refractivity (Wildman–Crippen MR) is 79.5 cm³/mol. The van der Waals surface area contributed by atoms with Crippen molar-refractivity contribution in [3.63, 3.8) is 0 Å². The third-order valence-electron chi connectivity index (χ3n) is 3.12. The van der Waals surface area contributed by atoms with Crippen LogP contribution in [0.25, 0.3) is 0 Å². The zero-order valence-corrected chi connectivity index (χ0v) is 12.5. The third kappa shape index (κ3) is 3.63. The molecule has 0 atom stereocenters. The molecule has 1 aliphatic heterocycles. The standard InChI is InChI=1S/C13H18FN3O3S/c1-2-6-15-13(18)16-12-9-10(4-5-11(12)14)17-7-3-8-21(17,19)20/h4-5,9H,2-3,6-8H2,1H3,(H2,15,16,18). The molecule has 0 aliphatic carbocycles. The van der Waals surface area contributed by atoms with Crippen LogP contribution in [-0.4, -0.2) is 33.3 Å². The number of urea groups is 1. The van der Waals surface area contributed by atoms with E-state index >= 15 is 0 Å². The minimum atomic E-state index is -3.33. The van der Waals surface area contributed by atoms with Gasteiger partial charge in [-0.25, -0.2) is 17.6 Å². The summed E-state index contributed by atoms with van der Waals surface area (Å²) in [5.74, 6) is -0.522. The Kier molecular flexibility index (Phi) is 4.66. The fraction of sp³-hybridized carbons (Fsp3) is 0.462. The van der Waals surface area contributed by atoms with E-state index in [0.717, 1.165) is 12.5 Å². The Bertz CT molecular complexity index is 634. The molecule has 116 valence electrons. The van der Waals surface area contributed by atoms with Crippen LogP contribution in [0.5, 0.6) is 0 Å². The van der Waals surface area contributed by atoms with Crippen molar-refractivity contribution < 1.29 is 17.6 Å². The number of amides is 2. The molecular formula is C13H18FN3O3S. The molecular weight excluding hydrogens is 297 g/mol. The number of sulfonamides is 1. The van der Waals surface area contributed by atoms with Crippen molar-refractivity contribution in [2.24, 2.45) is 0 Å². The predicted octanol–water partition coefficient (Wildman–Crippen LogP) is 1.90. The minimum Gasteiger partial charge on any atom is -0.338 e. The molecule has 1 saturated heterocycles. The molecule has 1 aromatic rings. The molecule has 0 spiro atoms. The van der Waals surface area contributed by atoms with Crippen molar-refractivity contribution in [2.45, 2.75) is 19.8 Å². The number of halogens is 1. The molecule has 2 rings (SSSR count). The number of anilines is 2. The van der Waals surface area contributed by atoms with Gasteiger partial charge < -0.3 is 10.6 Å². The Morgan fingerprint density at radius 2 is 2.19 bits per heavy atom. The normalized spacial score (nSPS) is 16.8. The summed E-state index contributed by atoms with van der Waals surface area (Å²) >= 11 is 0. The molecule has 21 heavy (non-hydrogen) atoms. The lowest BCUT2D eigenvalue weighted by molar-refractivity contribution is 0.252. The maximum Gasteiger partial charge on any atom is 0.319 e. The van der Waals surface area contributed by atoms with E-state index in [2.05, 4.69) is 10.6 Å². The highest BCUT2D eigenvalue weighted by Crippen LogP contribution is 2.28. The third-order valence-corrected chi connectivity index (χ3v) is 4.99. The fourth-order valence-corrected chi connectivity index (χ4v) is 3.66. The second kappa shape index (κ2) is 6.30. The van der Waals surface area contributed by atoms with E-state index < -0.39 is 21.9 Å². The van der Waals surface area contributed by atoms with Gasteiger partial charge in [0.1, 0.15) is 5.82 Å². The Labute approximate surface area is 123 Å². The van der Waals surface area contributed by atoms with Crippen molar-refractivity contribution in [2.75, 3.05) is 28.5 Å². The summed E-state index contributed by atoms with van der Waals surface area (Å²) in [4.78, 5) is 11.6. The monoisotopic (exact) mass is 315 g/mol. The average molecular weight is 315 g/mol. The van der Waals surface area contributed by atoms with Crippen LogP contribution in [0.2, 0.25) is 0 Å². The van der Waals surface area contributed by atoms with Crippen molar-refractivity contribution in [3.8, 4) is 0 Å². The first kappa shape index (κ1) is 15.6. The van der Waals surface area contributed by atoms with E-state index in [-0.39, 0.29) is 11.4 Å². The van der Waals surface area contributed by atoms with Gasteiger partial charge in [-0.3, -0.25) is 4.31 Å². The summed E-state index contributed by atoms with van der Waals surface area (Å²) < 4.78 is 38.7. The molecule has 1 aliphatic rings. The lowest BCUT2D eigenvalue weighted by atomic mass is 10.2. The first-order valence-electron chi connectivity index (χ1n) is 6.79. The lowest BCUT2D eigenvalue weighted by Gasteiger charge is -2.18. The van der Waals surface area contributed by atoms with Gasteiger partial charge in [0.2, 0.25) is 10.0 Å². The van der Waals surface area contributed by atoms with E-state index in [9.17, 15) is 17.6 Å². The number of carbonyl (C=O) groups is 1. The van der Waals surface area contributed by atoms with Gasteiger partial charge in [0.05, 0.1) is 17.1 Å². The number of carbonyl (C=O) groups excluding carboxylic acids is 1. The first-order chi connectivity index (χ1) is 9.94. The Hall–Kier alpha value is -1.83. The van der Waals surface area contributed by atoms with Crippen molar-refractivity contribution in [1.82, 2.24) is 5.32 Å². The number of nitrogens with one attached hydrogen (secondary N) is 2. The van der Waals surface area contributed by atoms with E-state index in [1.54, 1.807) is 0 Å². The highest BCUT2D eigenvalue weighted by atomic mass is 32.2. The number of benzene rings is 1. The fourth-order valence-electron chi connectivity index (χ4n) is 2.10. The van der Waals surface area contributed by atoms with Gasteiger partial charge in [0.25, 0.3) is 0 Å². The zero-order valence-electron chi connectivity index (χ0n) is 11.7. The average Bonchev–Trinajstić information content (AvgIpc) is 2.78. The number of rotatable bonds is 4. The maximum atomic E-state index is 13.7. The zero-order chi connectivity index (χ0) is 15.5. The lowest BCUT2D eigenvalue weighted by Crippen LogP contribution is -2.30. The highest BCUT2D eigenvalue weighted by molar-refractivity contribution is 7.93. The van der Waals surface area contributed by atoms with Gasteiger partial charge in [0.15, 0.2) is 0 Å². The molecule has 0 radical (unpaired) electrons. The summed E-state index contributed by atoms with van der Waals surface area (Å²) in [6.07, 6.45) is 1.31. The first-order valence-corrected chi connectivity index (χ1v) is 8.40. The molecule has 0 bridgehead atoms. The smallest absolute Gasteiger partial charge is 0.319 e. The van der Waals surface area contributed by atoms with Crippen LogP contribution in [-0.2, 0) is 10.0 Å². The van der Waals surface area contributed by atoms with Crippen molar-refractivity contribution in [1.29, 1.82) is 0 Å². The molecule has 2 N–H and O–H groups in total. The van der Waals surface area contributed by atoms with Crippen molar-refractivity contribution in [3.05, 3.63) is 24.0 Å². The number of nitrogens with zero attached hydrogens (tertiary/aromatic N) is 1. The quantitative estimate of drug-likeness (QED) is 0.890. The Balaban J connectivity index is 2.19. The van der Waals surface area contributed by atoms with Gasteiger partial charge in [-0.05, 0) is 31.0 Å². The van der Waals surface area contributed by atoms with Crippen LogP contribution in [0.3, 0.4) is 0 Å². The topological polar surface area (TPSA) is 78.5 Å². The van der Waals surface area contributed by atoms with Crippen LogP contribution in [0, 0.1) is 5.82 Å². The van der Waals surface area contributed by atoms with Gasteiger partial charge in [-0.15, -0.1) is 0 Å². The summed E-state index contributed by atoms with van der Waals surface area (Å²) in [7, 11) is -3.33. The van der Waals surface area contributed by atoms with Crippen LogP contribution in [0.4, 0.5) is 20.6 Å². The number of hydrogen-bond donors (Lipinski definition) is 2. The summed E-state index contributed by atoms with van der Waals surface area (Å²) in [6.45, 7) is 2.75. The molecule has 1 aromatic carbocycles. The minimum absolute atomic E-state index is 0.0387. The van der Waals surface area contributed by atoms with E-state index in [1.165, 1.54) is 16.4 Å². The van der Waals surface area contributed by atoms with Crippen LogP contribution in [0.15, 0.2) is 18.2 Å². The highest BCUT2D eigenvalue weighted by Gasteiger charge is 2.28. The molecule has 8 heteroatoms. The van der Waals surface area contributed by atoms with E-state index in [4.69, 9.17) is 0 Å². The van der Waals surface area contributed by atoms with Crippen LogP contribution >= 0.6 is 0 Å². The van der Waals surface area contributed by atoms with Gasteiger partial charge in [0, 0.05) is 13.1 Å². The summed E-state index contributed by atoms with van der Waals surface area (Å²) in [5.41, 5.74) is 0.322. The number of hydrogen-bond acceptors (Lipinski definition) is 3. The van der Waals surface area contributed by atoms with E-state index in [0.29, 0.717) is 25.2 Å². The molecule has 0 aromatic heterocycles. The van der Waals surface area contributed by atoms with Gasteiger partial charge in [-0.1, -0.05) is 6.92 Å². The largest absolute Gasteiger partial charge is 0.338 e.